The van der Waals surface area contributed by atoms with Crippen LogP contribution in [0.4, 0.5) is 0 Å². The number of hydrogen-bond acceptors (Lipinski definition) is 5. The Balaban J connectivity index is 1.67. The van der Waals surface area contributed by atoms with Crippen LogP contribution in [0.2, 0.25) is 0 Å². The predicted octanol–water partition coefficient (Wildman–Crippen LogP) is 2.02. The monoisotopic (exact) mass is 300 g/mol. The Morgan fingerprint density at radius 2 is 2.32 bits per heavy atom. The first kappa shape index (κ1) is 13.5. The van der Waals surface area contributed by atoms with Gasteiger partial charge in [0, 0.05) is 11.9 Å². The van der Waals surface area contributed by atoms with Crippen molar-refractivity contribution in [2.24, 2.45) is 5.92 Å². The molecule has 0 amide bonds. The Hall–Kier alpha value is -0.460. The van der Waals surface area contributed by atoms with Gasteiger partial charge in [0.1, 0.15) is 0 Å². The largest absolute Gasteiger partial charge is 0.294 e. The van der Waals surface area contributed by atoms with E-state index in [0.717, 1.165) is 30.9 Å². The van der Waals surface area contributed by atoms with Crippen LogP contribution in [0.1, 0.15) is 36.0 Å². The number of aromatic nitrogens is 1. The molecule has 0 aromatic carbocycles. The molecule has 2 atom stereocenters. The summed E-state index contributed by atoms with van der Waals surface area (Å²) in [4.78, 5) is 7.05. The SMILES string of the molecule is Cc1nc([C@@H]2CCCN2C[C@@H]2CCS(=O)(=O)C2)cs1. The third-order valence-corrected chi connectivity index (χ3v) is 6.79. The van der Waals surface area contributed by atoms with Gasteiger partial charge >= 0.3 is 0 Å². The van der Waals surface area contributed by atoms with E-state index < -0.39 is 9.84 Å². The molecule has 106 valence electrons. The molecule has 2 fully saturated rings. The van der Waals surface area contributed by atoms with Crippen molar-refractivity contribution in [1.82, 2.24) is 9.88 Å². The van der Waals surface area contributed by atoms with Crippen LogP contribution in [-0.2, 0) is 9.84 Å². The van der Waals surface area contributed by atoms with Crippen LogP contribution >= 0.6 is 11.3 Å². The van der Waals surface area contributed by atoms with Gasteiger partial charge in [-0.3, -0.25) is 4.90 Å². The summed E-state index contributed by atoms with van der Waals surface area (Å²) in [5.41, 5.74) is 1.18. The quantitative estimate of drug-likeness (QED) is 0.857. The summed E-state index contributed by atoms with van der Waals surface area (Å²) in [5, 5.41) is 3.27. The van der Waals surface area contributed by atoms with Crippen molar-refractivity contribution >= 4 is 21.2 Å². The van der Waals surface area contributed by atoms with Crippen LogP contribution in [0.3, 0.4) is 0 Å². The number of aryl methyl sites for hydroxylation is 1. The molecule has 3 heterocycles. The van der Waals surface area contributed by atoms with Gasteiger partial charge in [-0.15, -0.1) is 11.3 Å². The molecule has 19 heavy (non-hydrogen) atoms. The van der Waals surface area contributed by atoms with E-state index in [1.807, 2.05) is 6.92 Å². The van der Waals surface area contributed by atoms with Gasteiger partial charge in [0.2, 0.25) is 0 Å². The number of sulfone groups is 1. The van der Waals surface area contributed by atoms with E-state index in [9.17, 15) is 8.42 Å². The molecule has 2 aliphatic rings. The van der Waals surface area contributed by atoms with Crippen LogP contribution < -0.4 is 0 Å². The van der Waals surface area contributed by atoms with Crippen molar-refractivity contribution in [2.75, 3.05) is 24.6 Å². The van der Waals surface area contributed by atoms with Gasteiger partial charge in [0.25, 0.3) is 0 Å². The lowest BCUT2D eigenvalue weighted by Crippen LogP contribution is -2.30. The van der Waals surface area contributed by atoms with Gasteiger partial charge in [-0.25, -0.2) is 13.4 Å². The van der Waals surface area contributed by atoms with Crippen LogP contribution in [-0.4, -0.2) is 42.9 Å². The molecule has 2 aliphatic heterocycles. The lowest BCUT2D eigenvalue weighted by atomic mass is 10.1. The molecule has 0 aliphatic carbocycles. The summed E-state index contributed by atoms with van der Waals surface area (Å²) in [6, 6.07) is 0.410. The molecule has 3 rings (SSSR count). The second-order valence-corrected chi connectivity index (χ2v) is 9.00. The van der Waals surface area contributed by atoms with Crippen molar-refractivity contribution in [3.63, 3.8) is 0 Å². The second-order valence-electron chi connectivity index (χ2n) is 5.71. The Kier molecular flexibility index (Phi) is 3.66. The maximum atomic E-state index is 11.5. The fourth-order valence-electron chi connectivity index (χ4n) is 3.26. The molecule has 1 aromatic rings. The molecular formula is C13H20N2O2S2. The van der Waals surface area contributed by atoms with Gasteiger partial charge in [0.15, 0.2) is 9.84 Å². The van der Waals surface area contributed by atoms with Crippen molar-refractivity contribution in [1.29, 1.82) is 0 Å². The van der Waals surface area contributed by atoms with E-state index in [2.05, 4.69) is 15.3 Å². The molecule has 1 aromatic heterocycles. The number of likely N-dealkylation sites (tertiary alicyclic amines) is 1. The van der Waals surface area contributed by atoms with E-state index in [1.54, 1.807) is 11.3 Å². The summed E-state index contributed by atoms with van der Waals surface area (Å²) in [5.74, 6) is 1.09. The molecular weight excluding hydrogens is 280 g/mol. The summed E-state index contributed by atoms with van der Waals surface area (Å²) >= 11 is 1.70. The van der Waals surface area contributed by atoms with Crippen molar-refractivity contribution in [3.8, 4) is 0 Å². The lowest BCUT2D eigenvalue weighted by molar-refractivity contribution is 0.221. The minimum absolute atomic E-state index is 0.324. The normalized spacial score (nSPS) is 31.0. The van der Waals surface area contributed by atoms with E-state index in [0.29, 0.717) is 23.5 Å². The van der Waals surface area contributed by atoms with Crippen LogP contribution in [0.25, 0.3) is 0 Å². The smallest absolute Gasteiger partial charge is 0.150 e. The molecule has 0 N–H and O–H groups in total. The topological polar surface area (TPSA) is 50.3 Å². The van der Waals surface area contributed by atoms with Gasteiger partial charge in [-0.05, 0) is 38.6 Å². The molecule has 0 saturated carbocycles. The highest BCUT2D eigenvalue weighted by molar-refractivity contribution is 7.91. The number of nitrogens with zero attached hydrogens (tertiary/aromatic N) is 2. The minimum atomic E-state index is -2.76. The molecule has 2 saturated heterocycles. The highest BCUT2D eigenvalue weighted by atomic mass is 32.2. The zero-order valence-corrected chi connectivity index (χ0v) is 12.8. The van der Waals surface area contributed by atoms with Crippen LogP contribution in [0.15, 0.2) is 5.38 Å². The zero-order chi connectivity index (χ0) is 13.5. The number of hydrogen-bond donors (Lipinski definition) is 0. The molecule has 6 heteroatoms. The minimum Gasteiger partial charge on any atom is -0.294 e. The summed E-state index contributed by atoms with van der Waals surface area (Å²) in [7, 11) is -2.76. The van der Waals surface area contributed by atoms with Gasteiger partial charge < -0.3 is 0 Å². The van der Waals surface area contributed by atoms with Gasteiger partial charge in [0.05, 0.1) is 28.2 Å². The summed E-state index contributed by atoms with van der Waals surface area (Å²) < 4.78 is 23.1. The van der Waals surface area contributed by atoms with E-state index in [1.165, 1.54) is 12.1 Å². The highest BCUT2D eigenvalue weighted by Gasteiger charge is 2.34. The first-order valence-electron chi connectivity index (χ1n) is 6.90. The summed E-state index contributed by atoms with van der Waals surface area (Å²) in [6.07, 6.45) is 3.19. The highest BCUT2D eigenvalue weighted by Crippen LogP contribution is 2.34. The summed E-state index contributed by atoms with van der Waals surface area (Å²) in [6.45, 7) is 4.04. The fraction of sp³-hybridized carbons (Fsp3) is 0.769. The molecule has 0 radical (unpaired) electrons. The maximum absolute atomic E-state index is 11.5. The molecule has 0 bridgehead atoms. The fourth-order valence-corrected chi connectivity index (χ4v) is 5.77. The first-order valence-corrected chi connectivity index (χ1v) is 9.60. The number of thiazole rings is 1. The van der Waals surface area contributed by atoms with E-state index >= 15 is 0 Å². The van der Waals surface area contributed by atoms with Gasteiger partial charge in [-0.2, -0.15) is 0 Å². The van der Waals surface area contributed by atoms with Gasteiger partial charge in [-0.1, -0.05) is 0 Å². The van der Waals surface area contributed by atoms with Crippen molar-refractivity contribution < 1.29 is 8.42 Å². The Morgan fingerprint density at radius 3 is 2.95 bits per heavy atom. The first-order chi connectivity index (χ1) is 9.03. The maximum Gasteiger partial charge on any atom is 0.150 e. The molecule has 0 spiro atoms. The lowest BCUT2D eigenvalue weighted by Gasteiger charge is -2.25. The predicted molar refractivity (Wildman–Crippen MR) is 77.2 cm³/mol. The molecule has 4 nitrogen and oxygen atoms in total. The Bertz CT molecular complexity index is 553. The Labute approximate surface area is 118 Å². The zero-order valence-electron chi connectivity index (χ0n) is 11.2. The second kappa shape index (κ2) is 5.14. The average Bonchev–Trinajstić information content (AvgIpc) is 3.00. The van der Waals surface area contributed by atoms with E-state index in [-0.39, 0.29) is 0 Å². The third kappa shape index (κ3) is 3.01. The average molecular weight is 300 g/mol. The Morgan fingerprint density at radius 1 is 1.47 bits per heavy atom. The number of rotatable bonds is 3. The van der Waals surface area contributed by atoms with Crippen molar-refractivity contribution in [3.05, 3.63) is 16.1 Å². The van der Waals surface area contributed by atoms with E-state index in [4.69, 9.17) is 0 Å². The standard InChI is InChI=1S/C13H20N2O2S2/c1-10-14-12(8-18-10)13-3-2-5-15(13)7-11-4-6-19(16,17)9-11/h8,11,13H,2-7,9H2,1H3/t11-,13-/m0/s1. The van der Waals surface area contributed by atoms with Crippen molar-refractivity contribution in [2.45, 2.75) is 32.2 Å². The van der Waals surface area contributed by atoms with Crippen LogP contribution in [0, 0.1) is 12.8 Å². The van der Waals surface area contributed by atoms with Crippen LogP contribution in [0.5, 0.6) is 0 Å². The molecule has 0 unspecified atom stereocenters. The third-order valence-electron chi connectivity index (χ3n) is 4.16.